The summed E-state index contributed by atoms with van der Waals surface area (Å²) in [5, 5.41) is 1.25. The fourth-order valence-corrected chi connectivity index (χ4v) is 3.38. The number of benzene rings is 2. The van der Waals surface area contributed by atoms with Crippen LogP contribution in [0.15, 0.2) is 54.6 Å². The zero-order valence-corrected chi connectivity index (χ0v) is 12.2. The minimum atomic E-state index is -0.104. The summed E-state index contributed by atoms with van der Waals surface area (Å²) < 4.78 is 6.82. The lowest BCUT2D eigenvalue weighted by atomic mass is 10.1. The molecule has 1 unspecified atom stereocenters. The number of ether oxygens (including phenoxy) is 1. The SMILES string of the molecule is CCOc1cccc(C(N)c2cc3ccccc3s2)c1. The van der Waals surface area contributed by atoms with Gasteiger partial charge in [0.1, 0.15) is 5.75 Å². The largest absolute Gasteiger partial charge is 0.494 e. The van der Waals surface area contributed by atoms with Crippen LogP contribution < -0.4 is 10.5 Å². The van der Waals surface area contributed by atoms with E-state index in [-0.39, 0.29) is 6.04 Å². The highest BCUT2D eigenvalue weighted by atomic mass is 32.1. The van der Waals surface area contributed by atoms with Crippen LogP contribution in [0.25, 0.3) is 10.1 Å². The van der Waals surface area contributed by atoms with Gasteiger partial charge in [0.05, 0.1) is 12.6 Å². The quantitative estimate of drug-likeness (QED) is 0.772. The minimum absolute atomic E-state index is 0.104. The molecular formula is C17H17NOS. The summed E-state index contributed by atoms with van der Waals surface area (Å²) in [5.41, 5.74) is 7.49. The molecule has 3 heteroatoms. The van der Waals surface area contributed by atoms with Crippen molar-refractivity contribution in [1.82, 2.24) is 0 Å². The summed E-state index contributed by atoms with van der Waals surface area (Å²) in [5.74, 6) is 0.876. The minimum Gasteiger partial charge on any atom is -0.494 e. The van der Waals surface area contributed by atoms with E-state index in [9.17, 15) is 0 Å². The van der Waals surface area contributed by atoms with Crippen molar-refractivity contribution in [3.05, 3.63) is 65.0 Å². The van der Waals surface area contributed by atoms with Gasteiger partial charge in [-0.1, -0.05) is 30.3 Å². The Bertz CT molecular complexity index is 687. The van der Waals surface area contributed by atoms with Gasteiger partial charge in [-0.15, -0.1) is 11.3 Å². The van der Waals surface area contributed by atoms with Gasteiger partial charge >= 0.3 is 0 Å². The van der Waals surface area contributed by atoms with Gasteiger partial charge in [0.25, 0.3) is 0 Å². The third-order valence-electron chi connectivity index (χ3n) is 3.28. The van der Waals surface area contributed by atoms with Crippen LogP contribution in [0, 0.1) is 0 Å². The van der Waals surface area contributed by atoms with Crippen molar-refractivity contribution in [3.8, 4) is 5.75 Å². The van der Waals surface area contributed by atoms with E-state index in [0.29, 0.717) is 6.61 Å². The summed E-state index contributed by atoms with van der Waals surface area (Å²) in [4.78, 5) is 1.18. The van der Waals surface area contributed by atoms with E-state index in [2.05, 4.69) is 36.4 Å². The van der Waals surface area contributed by atoms with Crippen molar-refractivity contribution in [3.63, 3.8) is 0 Å². The summed E-state index contributed by atoms with van der Waals surface area (Å²) in [6.07, 6.45) is 0. The molecule has 102 valence electrons. The zero-order valence-electron chi connectivity index (χ0n) is 11.4. The Morgan fingerprint density at radius 1 is 1.10 bits per heavy atom. The molecule has 2 nitrogen and oxygen atoms in total. The molecule has 1 atom stereocenters. The van der Waals surface area contributed by atoms with Gasteiger partial charge < -0.3 is 10.5 Å². The molecule has 0 fully saturated rings. The Kier molecular flexibility index (Phi) is 3.72. The first-order valence-corrected chi connectivity index (χ1v) is 7.56. The predicted octanol–water partition coefficient (Wildman–Crippen LogP) is 4.35. The fraction of sp³-hybridized carbons (Fsp3) is 0.176. The van der Waals surface area contributed by atoms with Gasteiger partial charge in [-0.2, -0.15) is 0 Å². The molecule has 0 aliphatic rings. The molecule has 0 saturated carbocycles. The molecule has 0 spiro atoms. The van der Waals surface area contributed by atoms with Crippen molar-refractivity contribution in [2.24, 2.45) is 5.73 Å². The first-order chi connectivity index (χ1) is 9.78. The Balaban J connectivity index is 1.94. The van der Waals surface area contributed by atoms with Crippen LogP contribution in [0.1, 0.15) is 23.4 Å². The average molecular weight is 283 g/mol. The Morgan fingerprint density at radius 3 is 2.75 bits per heavy atom. The standard InChI is InChI=1S/C17H17NOS/c1-2-19-14-8-5-7-13(10-14)17(18)16-11-12-6-3-4-9-15(12)20-16/h3-11,17H,2,18H2,1H3. The maximum atomic E-state index is 6.40. The highest BCUT2D eigenvalue weighted by molar-refractivity contribution is 7.19. The lowest BCUT2D eigenvalue weighted by molar-refractivity contribution is 0.340. The molecule has 3 rings (SSSR count). The molecule has 2 aromatic carbocycles. The number of hydrogen-bond acceptors (Lipinski definition) is 3. The van der Waals surface area contributed by atoms with Gasteiger partial charge in [0.15, 0.2) is 0 Å². The van der Waals surface area contributed by atoms with Crippen molar-refractivity contribution in [1.29, 1.82) is 0 Å². The highest BCUT2D eigenvalue weighted by Crippen LogP contribution is 2.32. The van der Waals surface area contributed by atoms with E-state index in [1.165, 1.54) is 15.0 Å². The van der Waals surface area contributed by atoms with Crippen LogP contribution >= 0.6 is 11.3 Å². The monoisotopic (exact) mass is 283 g/mol. The van der Waals surface area contributed by atoms with Crippen LogP contribution in [-0.4, -0.2) is 6.61 Å². The Hall–Kier alpha value is -1.84. The summed E-state index contributed by atoms with van der Waals surface area (Å²) >= 11 is 1.75. The van der Waals surface area contributed by atoms with Gasteiger partial charge in [-0.3, -0.25) is 0 Å². The first kappa shape index (κ1) is 13.2. The number of rotatable bonds is 4. The smallest absolute Gasteiger partial charge is 0.119 e. The number of hydrogen-bond donors (Lipinski definition) is 1. The average Bonchev–Trinajstić information content (AvgIpc) is 2.91. The zero-order chi connectivity index (χ0) is 13.9. The molecule has 0 radical (unpaired) electrons. The highest BCUT2D eigenvalue weighted by Gasteiger charge is 2.12. The van der Waals surface area contributed by atoms with Crippen molar-refractivity contribution >= 4 is 21.4 Å². The van der Waals surface area contributed by atoms with Gasteiger partial charge in [0.2, 0.25) is 0 Å². The Morgan fingerprint density at radius 2 is 1.95 bits per heavy atom. The third-order valence-corrected chi connectivity index (χ3v) is 4.48. The van der Waals surface area contributed by atoms with Crippen LogP contribution in [0.2, 0.25) is 0 Å². The fourth-order valence-electron chi connectivity index (χ4n) is 2.28. The topological polar surface area (TPSA) is 35.2 Å². The molecule has 1 heterocycles. The van der Waals surface area contributed by atoms with E-state index in [1.807, 2.05) is 25.1 Å². The van der Waals surface area contributed by atoms with Crippen LogP contribution in [0.5, 0.6) is 5.75 Å². The molecule has 3 aromatic rings. The van der Waals surface area contributed by atoms with E-state index in [4.69, 9.17) is 10.5 Å². The van der Waals surface area contributed by atoms with E-state index in [0.717, 1.165) is 11.3 Å². The molecule has 0 aliphatic heterocycles. The van der Waals surface area contributed by atoms with Crippen LogP contribution in [-0.2, 0) is 0 Å². The lowest BCUT2D eigenvalue weighted by Crippen LogP contribution is -2.10. The number of fused-ring (bicyclic) bond motifs is 1. The summed E-state index contributed by atoms with van der Waals surface area (Å²) in [7, 11) is 0. The summed E-state index contributed by atoms with van der Waals surface area (Å²) in [6.45, 7) is 2.65. The number of thiophene rings is 1. The predicted molar refractivity (Wildman–Crippen MR) is 85.5 cm³/mol. The number of nitrogens with two attached hydrogens (primary N) is 1. The van der Waals surface area contributed by atoms with Crippen molar-refractivity contribution in [2.75, 3.05) is 6.61 Å². The Labute approximate surface area is 122 Å². The van der Waals surface area contributed by atoms with Crippen molar-refractivity contribution in [2.45, 2.75) is 13.0 Å². The normalized spacial score (nSPS) is 12.5. The van der Waals surface area contributed by atoms with E-state index < -0.39 is 0 Å². The van der Waals surface area contributed by atoms with Crippen LogP contribution in [0.3, 0.4) is 0 Å². The summed E-state index contributed by atoms with van der Waals surface area (Å²) in [6, 6.07) is 18.5. The maximum absolute atomic E-state index is 6.40. The second-order valence-corrected chi connectivity index (χ2v) is 5.79. The molecule has 0 saturated heterocycles. The first-order valence-electron chi connectivity index (χ1n) is 6.74. The van der Waals surface area contributed by atoms with E-state index >= 15 is 0 Å². The second-order valence-electron chi connectivity index (χ2n) is 4.67. The molecule has 0 aliphatic carbocycles. The van der Waals surface area contributed by atoms with Gasteiger partial charge in [-0.25, -0.2) is 0 Å². The van der Waals surface area contributed by atoms with Gasteiger partial charge in [0, 0.05) is 9.58 Å². The molecular weight excluding hydrogens is 266 g/mol. The third kappa shape index (κ3) is 2.55. The molecule has 1 aromatic heterocycles. The van der Waals surface area contributed by atoms with Gasteiger partial charge in [-0.05, 0) is 42.1 Å². The molecule has 0 amide bonds. The lowest BCUT2D eigenvalue weighted by Gasteiger charge is -2.11. The van der Waals surface area contributed by atoms with E-state index in [1.54, 1.807) is 11.3 Å². The molecule has 2 N–H and O–H groups in total. The molecule has 0 bridgehead atoms. The molecule has 20 heavy (non-hydrogen) atoms. The second kappa shape index (κ2) is 5.65. The van der Waals surface area contributed by atoms with Crippen molar-refractivity contribution < 1.29 is 4.74 Å². The van der Waals surface area contributed by atoms with Crippen LogP contribution in [0.4, 0.5) is 0 Å². The maximum Gasteiger partial charge on any atom is 0.119 e.